The highest BCUT2D eigenvalue weighted by Gasteiger charge is 2.11. The molecular formula is C10H11N3O3. The Hall–Kier alpha value is -2.11. The van der Waals surface area contributed by atoms with Crippen LogP contribution in [-0.2, 0) is 16.0 Å². The molecule has 0 unspecified atom stereocenters. The first kappa shape index (κ1) is 10.4. The first-order chi connectivity index (χ1) is 7.79. The molecule has 0 spiro atoms. The second-order valence-corrected chi connectivity index (χ2v) is 3.06. The van der Waals surface area contributed by atoms with Crippen molar-refractivity contribution in [2.45, 2.75) is 13.3 Å². The highest BCUT2D eigenvalue weighted by molar-refractivity contribution is 5.71. The Morgan fingerprint density at radius 2 is 2.50 bits per heavy atom. The fraction of sp³-hybridized carbons (Fsp3) is 0.300. The summed E-state index contributed by atoms with van der Waals surface area (Å²) in [4.78, 5) is 15.3. The third-order valence-electron chi connectivity index (χ3n) is 1.89. The van der Waals surface area contributed by atoms with Crippen LogP contribution in [0.3, 0.4) is 0 Å². The van der Waals surface area contributed by atoms with Gasteiger partial charge in [-0.1, -0.05) is 0 Å². The SMILES string of the molecule is CCOC(=O)Cc1nc(-c2ccco2)n[nH]1. The number of nitrogens with one attached hydrogen (secondary N) is 1. The predicted octanol–water partition coefficient (Wildman–Crippen LogP) is 1.17. The maximum absolute atomic E-state index is 11.2. The number of nitrogens with zero attached hydrogens (tertiary/aromatic N) is 2. The Kier molecular flexibility index (Phi) is 3.00. The Labute approximate surface area is 91.6 Å². The number of H-pyrrole nitrogens is 1. The van der Waals surface area contributed by atoms with Gasteiger partial charge >= 0.3 is 5.97 Å². The van der Waals surface area contributed by atoms with Gasteiger partial charge in [-0.25, -0.2) is 4.98 Å². The molecule has 6 heteroatoms. The number of carbonyl (C=O) groups excluding carboxylic acids is 1. The number of hydrogen-bond acceptors (Lipinski definition) is 5. The quantitative estimate of drug-likeness (QED) is 0.784. The van der Waals surface area contributed by atoms with E-state index in [1.54, 1.807) is 19.1 Å². The van der Waals surface area contributed by atoms with Crippen LogP contribution in [0.25, 0.3) is 11.6 Å². The van der Waals surface area contributed by atoms with Crippen LogP contribution in [0.1, 0.15) is 12.7 Å². The maximum Gasteiger partial charge on any atom is 0.313 e. The fourth-order valence-corrected chi connectivity index (χ4v) is 1.24. The summed E-state index contributed by atoms with van der Waals surface area (Å²) in [5, 5.41) is 6.60. The molecular weight excluding hydrogens is 210 g/mol. The lowest BCUT2D eigenvalue weighted by molar-refractivity contribution is -0.142. The first-order valence-electron chi connectivity index (χ1n) is 4.90. The zero-order valence-electron chi connectivity index (χ0n) is 8.77. The Bertz CT molecular complexity index is 461. The molecule has 2 aromatic rings. The fourth-order valence-electron chi connectivity index (χ4n) is 1.24. The molecule has 2 heterocycles. The molecule has 0 amide bonds. The summed E-state index contributed by atoms with van der Waals surface area (Å²) in [5.41, 5.74) is 0. The van der Waals surface area contributed by atoms with Gasteiger partial charge in [-0.2, -0.15) is 5.10 Å². The molecule has 0 radical (unpaired) electrons. The largest absolute Gasteiger partial charge is 0.466 e. The number of aromatic amines is 1. The minimum atomic E-state index is -0.329. The lowest BCUT2D eigenvalue weighted by Crippen LogP contribution is -2.08. The molecule has 6 nitrogen and oxygen atoms in total. The topological polar surface area (TPSA) is 81.0 Å². The highest BCUT2D eigenvalue weighted by Crippen LogP contribution is 2.14. The normalized spacial score (nSPS) is 10.3. The summed E-state index contributed by atoms with van der Waals surface area (Å²) in [5.74, 6) is 1.13. The van der Waals surface area contributed by atoms with Crippen molar-refractivity contribution in [3.8, 4) is 11.6 Å². The van der Waals surface area contributed by atoms with Gasteiger partial charge in [0.25, 0.3) is 0 Å². The van der Waals surface area contributed by atoms with E-state index in [0.717, 1.165) is 0 Å². The average molecular weight is 221 g/mol. The smallest absolute Gasteiger partial charge is 0.313 e. The summed E-state index contributed by atoms with van der Waals surface area (Å²) in [6.45, 7) is 2.12. The number of rotatable bonds is 4. The molecule has 0 aromatic carbocycles. The van der Waals surface area contributed by atoms with E-state index >= 15 is 0 Å². The van der Waals surface area contributed by atoms with Crippen molar-refractivity contribution in [1.82, 2.24) is 15.2 Å². The van der Waals surface area contributed by atoms with Crippen molar-refractivity contribution in [3.05, 3.63) is 24.2 Å². The summed E-state index contributed by atoms with van der Waals surface area (Å²) < 4.78 is 9.92. The zero-order chi connectivity index (χ0) is 11.4. The third kappa shape index (κ3) is 2.28. The maximum atomic E-state index is 11.2. The standard InChI is InChI=1S/C10H11N3O3/c1-2-15-9(14)6-8-11-10(13-12-8)7-4-3-5-16-7/h3-5H,2,6H2,1H3,(H,11,12,13). The van der Waals surface area contributed by atoms with E-state index in [0.29, 0.717) is 24.0 Å². The average Bonchev–Trinajstić information content (AvgIpc) is 2.86. The van der Waals surface area contributed by atoms with Gasteiger partial charge in [-0.05, 0) is 19.1 Å². The van der Waals surface area contributed by atoms with Crippen molar-refractivity contribution >= 4 is 5.97 Å². The van der Waals surface area contributed by atoms with E-state index in [2.05, 4.69) is 15.2 Å². The van der Waals surface area contributed by atoms with Gasteiger partial charge in [0.1, 0.15) is 12.2 Å². The van der Waals surface area contributed by atoms with E-state index in [9.17, 15) is 4.79 Å². The van der Waals surface area contributed by atoms with Gasteiger partial charge in [0.2, 0.25) is 5.82 Å². The van der Waals surface area contributed by atoms with Crippen molar-refractivity contribution in [3.63, 3.8) is 0 Å². The molecule has 2 aromatic heterocycles. The molecule has 0 fully saturated rings. The lowest BCUT2D eigenvalue weighted by Gasteiger charge is -1.97. The van der Waals surface area contributed by atoms with Gasteiger partial charge in [0.15, 0.2) is 5.76 Å². The Morgan fingerprint density at radius 1 is 1.62 bits per heavy atom. The molecule has 0 aliphatic carbocycles. The lowest BCUT2D eigenvalue weighted by atomic mass is 10.4. The summed E-state index contributed by atoms with van der Waals surface area (Å²) in [7, 11) is 0. The number of aromatic nitrogens is 3. The minimum absolute atomic E-state index is 0.0849. The van der Waals surface area contributed by atoms with E-state index < -0.39 is 0 Å². The zero-order valence-corrected chi connectivity index (χ0v) is 8.77. The van der Waals surface area contributed by atoms with Crippen molar-refractivity contribution in [2.24, 2.45) is 0 Å². The number of esters is 1. The van der Waals surface area contributed by atoms with Crippen LogP contribution in [0, 0.1) is 0 Å². The van der Waals surface area contributed by atoms with Crippen LogP contribution in [0.2, 0.25) is 0 Å². The molecule has 84 valence electrons. The third-order valence-corrected chi connectivity index (χ3v) is 1.89. The molecule has 0 saturated carbocycles. The monoisotopic (exact) mass is 221 g/mol. The van der Waals surface area contributed by atoms with Crippen molar-refractivity contribution < 1.29 is 13.9 Å². The van der Waals surface area contributed by atoms with E-state index in [-0.39, 0.29) is 12.4 Å². The number of ether oxygens (including phenoxy) is 1. The first-order valence-corrected chi connectivity index (χ1v) is 4.90. The molecule has 0 aliphatic rings. The highest BCUT2D eigenvalue weighted by atomic mass is 16.5. The van der Waals surface area contributed by atoms with Gasteiger partial charge in [-0.15, -0.1) is 0 Å². The van der Waals surface area contributed by atoms with Crippen molar-refractivity contribution in [2.75, 3.05) is 6.61 Å². The van der Waals surface area contributed by atoms with Gasteiger partial charge in [0, 0.05) is 0 Å². The summed E-state index contributed by atoms with van der Waals surface area (Å²) in [6.07, 6.45) is 1.62. The predicted molar refractivity (Wildman–Crippen MR) is 54.4 cm³/mol. The van der Waals surface area contributed by atoms with E-state index in [4.69, 9.17) is 9.15 Å². The molecule has 0 bridgehead atoms. The van der Waals surface area contributed by atoms with E-state index in [1.807, 2.05) is 0 Å². The summed E-state index contributed by atoms with van der Waals surface area (Å²) >= 11 is 0. The van der Waals surface area contributed by atoms with Crippen LogP contribution in [-0.4, -0.2) is 27.8 Å². The van der Waals surface area contributed by atoms with E-state index in [1.165, 1.54) is 6.26 Å². The molecule has 1 N–H and O–H groups in total. The molecule has 2 rings (SSSR count). The number of carbonyl (C=O) groups is 1. The molecule has 0 saturated heterocycles. The molecule has 0 aliphatic heterocycles. The van der Waals surface area contributed by atoms with Gasteiger partial charge in [-0.3, -0.25) is 9.89 Å². The number of furan rings is 1. The summed E-state index contributed by atoms with van der Waals surface area (Å²) in [6, 6.07) is 3.49. The van der Waals surface area contributed by atoms with Crippen LogP contribution < -0.4 is 0 Å². The van der Waals surface area contributed by atoms with Crippen LogP contribution >= 0.6 is 0 Å². The van der Waals surface area contributed by atoms with Gasteiger partial charge in [0.05, 0.1) is 12.9 Å². The van der Waals surface area contributed by atoms with Crippen LogP contribution in [0.5, 0.6) is 0 Å². The van der Waals surface area contributed by atoms with Gasteiger partial charge < -0.3 is 9.15 Å². The Morgan fingerprint density at radius 3 is 3.19 bits per heavy atom. The molecule has 16 heavy (non-hydrogen) atoms. The molecule has 0 atom stereocenters. The Balaban J connectivity index is 2.06. The van der Waals surface area contributed by atoms with Crippen LogP contribution in [0.4, 0.5) is 0 Å². The minimum Gasteiger partial charge on any atom is -0.466 e. The van der Waals surface area contributed by atoms with Crippen LogP contribution in [0.15, 0.2) is 22.8 Å². The van der Waals surface area contributed by atoms with Crippen molar-refractivity contribution in [1.29, 1.82) is 0 Å². The second-order valence-electron chi connectivity index (χ2n) is 3.06. The number of hydrogen-bond donors (Lipinski definition) is 1. The second kappa shape index (κ2) is 4.61.